The molecular formula is C14H20BrNOS. The van der Waals surface area contributed by atoms with E-state index in [9.17, 15) is 4.79 Å². The van der Waals surface area contributed by atoms with Crippen LogP contribution in [-0.2, 0) is 0 Å². The van der Waals surface area contributed by atoms with Crippen molar-refractivity contribution in [2.75, 3.05) is 18.1 Å². The van der Waals surface area contributed by atoms with Crippen LogP contribution < -0.4 is 5.32 Å². The van der Waals surface area contributed by atoms with Gasteiger partial charge in [0.15, 0.2) is 0 Å². The molecule has 0 saturated carbocycles. The molecule has 0 fully saturated rings. The number of amides is 1. The van der Waals surface area contributed by atoms with Crippen LogP contribution in [0.2, 0.25) is 0 Å². The van der Waals surface area contributed by atoms with Gasteiger partial charge in [0.2, 0.25) is 0 Å². The van der Waals surface area contributed by atoms with E-state index < -0.39 is 0 Å². The molecule has 0 radical (unpaired) electrons. The Kier molecular flexibility index (Phi) is 7.44. The first kappa shape index (κ1) is 15.6. The van der Waals surface area contributed by atoms with E-state index in [4.69, 9.17) is 0 Å². The average molecular weight is 330 g/mol. The van der Waals surface area contributed by atoms with Crippen molar-refractivity contribution < 1.29 is 4.79 Å². The monoisotopic (exact) mass is 329 g/mol. The lowest BCUT2D eigenvalue weighted by atomic mass is 10.1. The van der Waals surface area contributed by atoms with Gasteiger partial charge in [-0.15, -0.1) is 11.8 Å². The summed E-state index contributed by atoms with van der Waals surface area (Å²) in [6, 6.07) is 7.71. The number of hydrogen-bond acceptors (Lipinski definition) is 2. The number of alkyl halides is 1. The Morgan fingerprint density at radius 2 is 2.06 bits per heavy atom. The third-order valence-electron chi connectivity index (χ3n) is 2.77. The van der Waals surface area contributed by atoms with Crippen molar-refractivity contribution in [2.24, 2.45) is 5.92 Å². The summed E-state index contributed by atoms with van der Waals surface area (Å²) in [5.74, 6) is 0.692. The molecule has 1 rings (SSSR count). The normalized spacial score (nSPS) is 12.2. The van der Waals surface area contributed by atoms with Gasteiger partial charge in [0, 0.05) is 22.3 Å². The van der Waals surface area contributed by atoms with Gasteiger partial charge >= 0.3 is 0 Å². The van der Waals surface area contributed by atoms with E-state index in [0.29, 0.717) is 5.92 Å². The number of thioether (sulfide) groups is 1. The Hall–Kier alpha value is -0.480. The highest BCUT2D eigenvalue weighted by Gasteiger charge is 2.05. The van der Waals surface area contributed by atoms with Crippen molar-refractivity contribution in [1.82, 2.24) is 5.32 Å². The number of halogens is 1. The van der Waals surface area contributed by atoms with Crippen molar-refractivity contribution in [3.63, 3.8) is 0 Å². The molecule has 0 heterocycles. The molecule has 0 saturated heterocycles. The van der Waals surface area contributed by atoms with Crippen LogP contribution >= 0.6 is 27.7 Å². The summed E-state index contributed by atoms with van der Waals surface area (Å²) in [6.45, 7) is 2.96. The Balaban J connectivity index is 2.31. The summed E-state index contributed by atoms with van der Waals surface area (Å²) in [6.07, 6.45) is 4.19. The molecule has 0 aliphatic heterocycles. The lowest BCUT2D eigenvalue weighted by Gasteiger charge is -2.08. The highest BCUT2D eigenvalue weighted by atomic mass is 79.9. The van der Waals surface area contributed by atoms with Crippen molar-refractivity contribution in [3.05, 3.63) is 29.8 Å². The summed E-state index contributed by atoms with van der Waals surface area (Å²) in [7, 11) is 0. The molecule has 1 unspecified atom stereocenters. The molecule has 1 N–H and O–H groups in total. The first-order chi connectivity index (χ1) is 8.67. The quantitative estimate of drug-likeness (QED) is 0.466. The van der Waals surface area contributed by atoms with Gasteiger partial charge in [0.05, 0.1) is 0 Å². The van der Waals surface area contributed by atoms with E-state index in [0.717, 1.165) is 30.3 Å². The fourth-order valence-corrected chi connectivity index (χ4v) is 2.31. The van der Waals surface area contributed by atoms with Crippen molar-refractivity contribution in [1.29, 1.82) is 0 Å². The second kappa shape index (κ2) is 8.59. The molecule has 0 aromatic heterocycles. The lowest BCUT2D eigenvalue weighted by Crippen LogP contribution is -2.24. The first-order valence-corrected chi connectivity index (χ1v) is 8.50. The molecule has 2 nitrogen and oxygen atoms in total. The Bertz CT molecular complexity index is 367. The molecule has 1 amide bonds. The summed E-state index contributed by atoms with van der Waals surface area (Å²) in [4.78, 5) is 13.0. The Morgan fingerprint density at radius 1 is 1.39 bits per heavy atom. The number of benzene rings is 1. The Morgan fingerprint density at radius 3 is 2.61 bits per heavy atom. The van der Waals surface area contributed by atoms with E-state index in [2.05, 4.69) is 28.2 Å². The fraction of sp³-hybridized carbons (Fsp3) is 0.500. The van der Waals surface area contributed by atoms with Crippen LogP contribution in [0.4, 0.5) is 0 Å². The number of carbonyl (C=O) groups excluding carboxylic acids is 1. The molecule has 1 atom stereocenters. The number of hydrogen-bond donors (Lipinski definition) is 1. The molecule has 4 heteroatoms. The summed E-state index contributed by atoms with van der Waals surface area (Å²) < 4.78 is 0. The van der Waals surface area contributed by atoms with E-state index >= 15 is 0 Å². The van der Waals surface area contributed by atoms with E-state index in [1.54, 1.807) is 11.8 Å². The van der Waals surface area contributed by atoms with Gasteiger partial charge in [-0.1, -0.05) is 22.9 Å². The second-order valence-electron chi connectivity index (χ2n) is 4.39. The van der Waals surface area contributed by atoms with E-state index in [-0.39, 0.29) is 5.91 Å². The smallest absolute Gasteiger partial charge is 0.251 e. The third-order valence-corrected chi connectivity index (χ3v) is 4.62. The zero-order chi connectivity index (χ0) is 13.4. The molecule has 1 aromatic rings. The van der Waals surface area contributed by atoms with Gasteiger partial charge in [-0.25, -0.2) is 0 Å². The number of nitrogens with one attached hydrogen (secondary N) is 1. The molecule has 0 spiro atoms. The Labute approximate surface area is 122 Å². The molecule has 1 aromatic carbocycles. The second-order valence-corrected chi connectivity index (χ2v) is 5.91. The van der Waals surface area contributed by atoms with Gasteiger partial charge < -0.3 is 5.32 Å². The molecule has 0 aliphatic carbocycles. The average Bonchev–Trinajstić information content (AvgIpc) is 2.43. The van der Waals surface area contributed by atoms with E-state index in [1.807, 2.05) is 30.5 Å². The summed E-state index contributed by atoms with van der Waals surface area (Å²) in [5, 5.41) is 3.98. The van der Waals surface area contributed by atoms with Crippen LogP contribution in [0.1, 0.15) is 30.1 Å². The summed E-state index contributed by atoms with van der Waals surface area (Å²) in [5.41, 5.74) is 0.737. The highest BCUT2D eigenvalue weighted by Crippen LogP contribution is 2.14. The molecule has 0 bridgehead atoms. The minimum absolute atomic E-state index is 0.0224. The van der Waals surface area contributed by atoms with Crippen LogP contribution in [0.25, 0.3) is 0 Å². The van der Waals surface area contributed by atoms with Crippen molar-refractivity contribution in [3.8, 4) is 0 Å². The van der Waals surface area contributed by atoms with Crippen LogP contribution in [0.3, 0.4) is 0 Å². The zero-order valence-corrected chi connectivity index (χ0v) is 13.3. The zero-order valence-electron chi connectivity index (χ0n) is 10.9. The van der Waals surface area contributed by atoms with Crippen LogP contribution in [0.5, 0.6) is 0 Å². The van der Waals surface area contributed by atoms with Gasteiger partial charge in [-0.3, -0.25) is 4.79 Å². The number of rotatable bonds is 7. The SMILES string of the molecule is CSc1ccc(C(=O)NCCCC(C)CBr)cc1. The molecule has 100 valence electrons. The largest absolute Gasteiger partial charge is 0.352 e. The van der Waals surface area contributed by atoms with Crippen LogP contribution in [-0.4, -0.2) is 24.0 Å². The van der Waals surface area contributed by atoms with Crippen LogP contribution in [0, 0.1) is 5.92 Å². The first-order valence-electron chi connectivity index (χ1n) is 6.15. The van der Waals surface area contributed by atoms with Gasteiger partial charge in [0.25, 0.3) is 5.91 Å². The number of carbonyl (C=O) groups is 1. The highest BCUT2D eigenvalue weighted by molar-refractivity contribution is 9.09. The maximum Gasteiger partial charge on any atom is 0.251 e. The van der Waals surface area contributed by atoms with Crippen molar-refractivity contribution >= 4 is 33.6 Å². The minimum atomic E-state index is 0.0224. The standard InChI is InChI=1S/C14H20BrNOS/c1-11(10-15)4-3-9-16-14(17)12-5-7-13(18-2)8-6-12/h5-8,11H,3-4,9-10H2,1-2H3,(H,16,17). The van der Waals surface area contributed by atoms with Crippen LogP contribution in [0.15, 0.2) is 29.2 Å². The third kappa shape index (κ3) is 5.44. The lowest BCUT2D eigenvalue weighted by molar-refractivity contribution is 0.0952. The van der Waals surface area contributed by atoms with Gasteiger partial charge in [-0.05, 0) is 49.3 Å². The predicted octanol–water partition coefficient (Wildman–Crippen LogP) is 3.95. The molecule has 18 heavy (non-hydrogen) atoms. The summed E-state index contributed by atoms with van der Waals surface area (Å²) >= 11 is 5.14. The maximum atomic E-state index is 11.8. The van der Waals surface area contributed by atoms with Gasteiger partial charge in [-0.2, -0.15) is 0 Å². The molecular weight excluding hydrogens is 310 g/mol. The topological polar surface area (TPSA) is 29.1 Å². The maximum absolute atomic E-state index is 11.8. The minimum Gasteiger partial charge on any atom is -0.352 e. The molecule has 0 aliphatic rings. The predicted molar refractivity (Wildman–Crippen MR) is 82.7 cm³/mol. The van der Waals surface area contributed by atoms with Crippen molar-refractivity contribution in [2.45, 2.75) is 24.7 Å². The van der Waals surface area contributed by atoms with E-state index in [1.165, 1.54) is 4.90 Å². The fourth-order valence-electron chi connectivity index (χ4n) is 1.57. The van der Waals surface area contributed by atoms with Gasteiger partial charge in [0.1, 0.15) is 0 Å².